The average molecular weight is 136 g/mol. The predicted molar refractivity (Wildman–Crippen MR) is 48.0 cm³/mol. The third-order valence-electron chi connectivity index (χ3n) is 1.11. The minimum atomic E-state index is 1.30. The van der Waals surface area contributed by atoms with Crippen molar-refractivity contribution in [3.8, 4) is 0 Å². The second kappa shape index (κ2) is 5.04. The molecule has 0 amide bonds. The standard InChI is InChI=1S/C10H16/c1-5-6-10(4)8-7-9(2)3/h5-8H,1-4H3/b6-5-,10-8+. The highest BCUT2D eigenvalue weighted by atomic mass is 13.8. The molecule has 10 heavy (non-hydrogen) atoms. The molecule has 0 aliphatic carbocycles. The van der Waals surface area contributed by atoms with Crippen LogP contribution in [0.1, 0.15) is 27.7 Å². The zero-order chi connectivity index (χ0) is 7.98. The molecular formula is C10H16. The molecule has 0 aromatic carbocycles. The van der Waals surface area contributed by atoms with Gasteiger partial charge in [-0.05, 0) is 27.7 Å². The van der Waals surface area contributed by atoms with Crippen LogP contribution in [0.5, 0.6) is 0 Å². The van der Waals surface area contributed by atoms with Crippen LogP contribution >= 0.6 is 0 Å². The third-order valence-corrected chi connectivity index (χ3v) is 1.11. The molecule has 0 rings (SSSR count). The fraction of sp³-hybridized carbons (Fsp3) is 0.400. The van der Waals surface area contributed by atoms with Crippen LogP contribution in [0.4, 0.5) is 0 Å². The van der Waals surface area contributed by atoms with E-state index >= 15 is 0 Å². The zero-order valence-electron chi connectivity index (χ0n) is 7.31. The average Bonchev–Trinajstić information content (AvgIpc) is 1.85. The second-order valence-corrected chi connectivity index (χ2v) is 2.65. The highest BCUT2D eigenvalue weighted by Crippen LogP contribution is 1.97. The topological polar surface area (TPSA) is 0 Å². The van der Waals surface area contributed by atoms with Gasteiger partial charge in [-0.2, -0.15) is 0 Å². The summed E-state index contributed by atoms with van der Waals surface area (Å²) >= 11 is 0. The van der Waals surface area contributed by atoms with E-state index in [4.69, 9.17) is 0 Å². The lowest BCUT2D eigenvalue weighted by Crippen LogP contribution is -1.66. The van der Waals surface area contributed by atoms with Gasteiger partial charge in [0.1, 0.15) is 0 Å². The quantitative estimate of drug-likeness (QED) is 0.510. The summed E-state index contributed by atoms with van der Waals surface area (Å²) < 4.78 is 0. The van der Waals surface area contributed by atoms with Crippen LogP contribution < -0.4 is 0 Å². The van der Waals surface area contributed by atoms with Gasteiger partial charge in [0.2, 0.25) is 0 Å². The number of allylic oxidation sites excluding steroid dienone is 6. The van der Waals surface area contributed by atoms with Gasteiger partial charge in [-0.1, -0.05) is 35.5 Å². The van der Waals surface area contributed by atoms with Crippen LogP contribution in [0.3, 0.4) is 0 Å². The summed E-state index contributed by atoms with van der Waals surface area (Å²) in [7, 11) is 0. The first-order valence-corrected chi connectivity index (χ1v) is 3.61. The molecule has 0 saturated heterocycles. The minimum absolute atomic E-state index is 1.30. The van der Waals surface area contributed by atoms with Gasteiger partial charge in [-0.15, -0.1) is 0 Å². The Labute approximate surface area is 64.0 Å². The fourth-order valence-corrected chi connectivity index (χ4v) is 0.617. The summed E-state index contributed by atoms with van der Waals surface area (Å²) in [5, 5.41) is 0. The maximum Gasteiger partial charge on any atom is -0.0398 e. The number of rotatable bonds is 2. The normalized spacial score (nSPS) is 12.2. The molecule has 0 heteroatoms. The monoisotopic (exact) mass is 136 g/mol. The minimum Gasteiger partial charge on any atom is -0.0874 e. The van der Waals surface area contributed by atoms with Gasteiger partial charge in [0.25, 0.3) is 0 Å². The van der Waals surface area contributed by atoms with Crippen LogP contribution in [0.25, 0.3) is 0 Å². The van der Waals surface area contributed by atoms with E-state index in [1.165, 1.54) is 11.1 Å². The summed E-state index contributed by atoms with van der Waals surface area (Å²) in [6.07, 6.45) is 8.38. The molecule has 0 spiro atoms. The molecular weight excluding hydrogens is 120 g/mol. The third kappa shape index (κ3) is 5.36. The Balaban J connectivity index is 4.05. The van der Waals surface area contributed by atoms with E-state index in [-0.39, 0.29) is 0 Å². The van der Waals surface area contributed by atoms with Crippen molar-refractivity contribution in [2.45, 2.75) is 27.7 Å². The molecule has 0 bridgehead atoms. The summed E-state index contributed by atoms with van der Waals surface area (Å²) in [5.74, 6) is 0. The second-order valence-electron chi connectivity index (χ2n) is 2.65. The lowest BCUT2D eigenvalue weighted by molar-refractivity contribution is 1.38. The highest BCUT2D eigenvalue weighted by molar-refractivity contribution is 5.22. The first-order chi connectivity index (χ1) is 4.66. The molecule has 56 valence electrons. The van der Waals surface area contributed by atoms with Gasteiger partial charge in [-0.25, -0.2) is 0 Å². The highest BCUT2D eigenvalue weighted by Gasteiger charge is 1.76. The van der Waals surface area contributed by atoms with Crippen LogP contribution in [0, 0.1) is 0 Å². The summed E-state index contributed by atoms with van der Waals surface area (Å²) in [5.41, 5.74) is 2.63. The molecule has 0 nitrogen and oxygen atoms in total. The molecule has 0 unspecified atom stereocenters. The van der Waals surface area contributed by atoms with Gasteiger partial charge < -0.3 is 0 Å². The van der Waals surface area contributed by atoms with Crippen molar-refractivity contribution >= 4 is 0 Å². The Bertz CT molecular complexity index is 164. The Morgan fingerprint density at radius 1 is 1.00 bits per heavy atom. The van der Waals surface area contributed by atoms with E-state index < -0.39 is 0 Å². The number of hydrogen-bond donors (Lipinski definition) is 0. The van der Waals surface area contributed by atoms with Crippen molar-refractivity contribution in [3.63, 3.8) is 0 Å². The summed E-state index contributed by atoms with van der Waals surface area (Å²) in [6.45, 7) is 8.32. The SMILES string of the molecule is C/C=C\C(C)=C\C=C(C)C. The fourth-order valence-electron chi connectivity index (χ4n) is 0.617. The van der Waals surface area contributed by atoms with Gasteiger partial charge in [0.15, 0.2) is 0 Å². The molecule has 0 aliphatic heterocycles. The van der Waals surface area contributed by atoms with E-state index in [0.717, 1.165) is 0 Å². The molecule has 0 radical (unpaired) electrons. The van der Waals surface area contributed by atoms with Crippen molar-refractivity contribution in [1.29, 1.82) is 0 Å². The molecule has 0 heterocycles. The van der Waals surface area contributed by atoms with Gasteiger partial charge in [-0.3, -0.25) is 0 Å². The van der Waals surface area contributed by atoms with Gasteiger partial charge in [0.05, 0.1) is 0 Å². The number of hydrogen-bond acceptors (Lipinski definition) is 0. The molecule has 0 atom stereocenters. The van der Waals surface area contributed by atoms with Gasteiger partial charge >= 0.3 is 0 Å². The Kier molecular flexibility index (Phi) is 4.65. The Morgan fingerprint density at radius 3 is 2.00 bits per heavy atom. The molecule has 0 aromatic heterocycles. The van der Waals surface area contributed by atoms with E-state index in [2.05, 4.69) is 39.0 Å². The van der Waals surface area contributed by atoms with Crippen molar-refractivity contribution in [1.82, 2.24) is 0 Å². The molecule has 0 fully saturated rings. The zero-order valence-corrected chi connectivity index (χ0v) is 7.31. The molecule has 0 N–H and O–H groups in total. The van der Waals surface area contributed by atoms with E-state index in [1.54, 1.807) is 0 Å². The molecule has 0 aromatic rings. The lowest BCUT2D eigenvalue weighted by Gasteiger charge is -1.87. The van der Waals surface area contributed by atoms with Crippen LogP contribution in [-0.4, -0.2) is 0 Å². The van der Waals surface area contributed by atoms with Crippen molar-refractivity contribution in [2.75, 3.05) is 0 Å². The first-order valence-electron chi connectivity index (χ1n) is 3.61. The molecule has 0 aliphatic rings. The van der Waals surface area contributed by atoms with E-state index in [9.17, 15) is 0 Å². The van der Waals surface area contributed by atoms with Crippen LogP contribution in [-0.2, 0) is 0 Å². The lowest BCUT2D eigenvalue weighted by atomic mass is 10.2. The van der Waals surface area contributed by atoms with Gasteiger partial charge in [0, 0.05) is 0 Å². The molecule has 0 saturated carbocycles. The first kappa shape index (κ1) is 9.22. The smallest absolute Gasteiger partial charge is 0.0398 e. The summed E-state index contributed by atoms with van der Waals surface area (Å²) in [4.78, 5) is 0. The van der Waals surface area contributed by atoms with Crippen LogP contribution in [0.15, 0.2) is 35.5 Å². The van der Waals surface area contributed by atoms with Crippen molar-refractivity contribution < 1.29 is 0 Å². The summed E-state index contributed by atoms with van der Waals surface area (Å²) in [6, 6.07) is 0. The van der Waals surface area contributed by atoms with Crippen LogP contribution in [0.2, 0.25) is 0 Å². The Hall–Kier alpha value is -0.780. The van der Waals surface area contributed by atoms with E-state index in [1.807, 2.05) is 13.0 Å². The maximum absolute atomic E-state index is 2.12. The largest absolute Gasteiger partial charge is 0.0874 e. The van der Waals surface area contributed by atoms with E-state index in [0.29, 0.717) is 0 Å². The van der Waals surface area contributed by atoms with Crippen molar-refractivity contribution in [3.05, 3.63) is 35.5 Å². The Morgan fingerprint density at radius 2 is 1.60 bits per heavy atom. The predicted octanol–water partition coefficient (Wildman–Crippen LogP) is 3.48. The maximum atomic E-state index is 2.12. The van der Waals surface area contributed by atoms with Crippen molar-refractivity contribution in [2.24, 2.45) is 0 Å².